The lowest BCUT2D eigenvalue weighted by Gasteiger charge is -2.41. The standard InChI is InChI=1S/C15H32N2O/c1-5-14-11-17(9-10-18-14)13-15(6-2,7-3)12-16-8-4/h14,16H,5-13H2,1-4H3. The molecule has 1 fully saturated rings. The molecule has 1 aliphatic heterocycles. The van der Waals surface area contributed by atoms with E-state index in [4.69, 9.17) is 4.74 Å². The number of hydrogen-bond donors (Lipinski definition) is 1. The van der Waals surface area contributed by atoms with Crippen molar-refractivity contribution in [2.45, 2.75) is 53.1 Å². The fraction of sp³-hybridized carbons (Fsp3) is 1.00. The molecule has 0 amide bonds. The molecule has 0 saturated carbocycles. The molecule has 0 radical (unpaired) electrons. The molecular formula is C15H32N2O. The summed E-state index contributed by atoms with van der Waals surface area (Å²) in [6.07, 6.45) is 4.09. The summed E-state index contributed by atoms with van der Waals surface area (Å²) in [6, 6.07) is 0. The minimum Gasteiger partial charge on any atom is -0.376 e. The summed E-state index contributed by atoms with van der Waals surface area (Å²) in [6.45, 7) is 15.6. The first-order valence-corrected chi connectivity index (χ1v) is 7.74. The van der Waals surface area contributed by atoms with E-state index in [0.717, 1.165) is 39.2 Å². The molecule has 108 valence electrons. The zero-order chi connectivity index (χ0) is 13.4. The Kier molecular flexibility index (Phi) is 7.20. The van der Waals surface area contributed by atoms with Crippen LogP contribution in [-0.4, -0.2) is 50.3 Å². The van der Waals surface area contributed by atoms with Crippen LogP contribution in [0.2, 0.25) is 0 Å². The van der Waals surface area contributed by atoms with E-state index < -0.39 is 0 Å². The Morgan fingerprint density at radius 3 is 2.50 bits per heavy atom. The smallest absolute Gasteiger partial charge is 0.0700 e. The average Bonchev–Trinajstić information content (AvgIpc) is 2.44. The second-order valence-corrected chi connectivity index (χ2v) is 5.62. The van der Waals surface area contributed by atoms with Gasteiger partial charge in [0.05, 0.1) is 12.7 Å². The minimum absolute atomic E-state index is 0.436. The highest BCUT2D eigenvalue weighted by Gasteiger charge is 2.30. The van der Waals surface area contributed by atoms with Crippen molar-refractivity contribution in [3.63, 3.8) is 0 Å². The van der Waals surface area contributed by atoms with E-state index in [1.807, 2.05) is 0 Å². The van der Waals surface area contributed by atoms with E-state index in [9.17, 15) is 0 Å². The van der Waals surface area contributed by atoms with Gasteiger partial charge in [-0.05, 0) is 31.2 Å². The molecule has 0 aliphatic carbocycles. The monoisotopic (exact) mass is 256 g/mol. The largest absolute Gasteiger partial charge is 0.376 e. The van der Waals surface area contributed by atoms with Crippen molar-refractivity contribution in [3.8, 4) is 0 Å². The zero-order valence-electron chi connectivity index (χ0n) is 12.8. The van der Waals surface area contributed by atoms with E-state index >= 15 is 0 Å². The minimum atomic E-state index is 0.436. The van der Waals surface area contributed by atoms with Crippen LogP contribution in [0.5, 0.6) is 0 Å². The van der Waals surface area contributed by atoms with E-state index in [2.05, 4.69) is 37.9 Å². The van der Waals surface area contributed by atoms with Crippen molar-refractivity contribution < 1.29 is 4.74 Å². The molecule has 1 rings (SSSR count). The highest BCUT2D eigenvalue weighted by atomic mass is 16.5. The van der Waals surface area contributed by atoms with Gasteiger partial charge in [0.25, 0.3) is 0 Å². The van der Waals surface area contributed by atoms with Gasteiger partial charge in [0.15, 0.2) is 0 Å². The lowest BCUT2D eigenvalue weighted by atomic mass is 9.81. The van der Waals surface area contributed by atoms with Crippen LogP contribution in [0.25, 0.3) is 0 Å². The number of ether oxygens (including phenoxy) is 1. The summed E-state index contributed by atoms with van der Waals surface area (Å²) in [5, 5.41) is 3.55. The van der Waals surface area contributed by atoms with Crippen LogP contribution in [0.4, 0.5) is 0 Å². The Labute approximate surface area is 113 Å². The van der Waals surface area contributed by atoms with Crippen LogP contribution < -0.4 is 5.32 Å². The van der Waals surface area contributed by atoms with Gasteiger partial charge in [-0.1, -0.05) is 27.7 Å². The third-order valence-corrected chi connectivity index (χ3v) is 4.49. The molecule has 1 N–H and O–H groups in total. The number of morpholine rings is 1. The van der Waals surface area contributed by atoms with Crippen LogP contribution in [0.3, 0.4) is 0 Å². The van der Waals surface area contributed by atoms with Crippen molar-refractivity contribution in [1.82, 2.24) is 10.2 Å². The number of hydrogen-bond acceptors (Lipinski definition) is 3. The fourth-order valence-electron chi connectivity index (χ4n) is 2.82. The van der Waals surface area contributed by atoms with Crippen LogP contribution in [0.15, 0.2) is 0 Å². The quantitative estimate of drug-likeness (QED) is 0.722. The summed E-state index contributed by atoms with van der Waals surface area (Å²) in [4.78, 5) is 2.61. The molecule has 1 aliphatic rings. The van der Waals surface area contributed by atoms with Gasteiger partial charge in [0.1, 0.15) is 0 Å². The number of nitrogens with one attached hydrogen (secondary N) is 1. The highest BCUT2D eigenvalue weighted by Crippen LogP contribution is 2.27. The van der Waals surface area contributed by atoms with Gasteiger partial charge in [0.2, 0.25) is 0 Å². The van der Waals surface area contributed by atoms with E-state index in [-0.39, 0.29) is 0 Å². The Hall–Kier alpha value is -0.120. The predicted octanol–water partition coefficient (Wildman–Crippen LogP) is 2.51. The molecule has 3 nitrogen and oxygen atoms in total. The summed E-state index contributed by atoms with van der Waals surface area (Å²) in [7, 11) is 0. The predicted molar refractivity (Wildman–Crippen MR) is 78.0 cm³/mol. The van der Waals surface area contributed by atoms with Gasteiger partial charge in [-0.25, -0.2) is 0 Å². The highest BCUT2D eigenvalue weighted by molar-refractivity contribution is 4.84. The average molecular weight is 256 g/mol. The van der Waals surface area contributed by atoms with Crippen LogP contribution >= 0.6 is 0 Å². The van der Waals surface area contributed by atoms with Crippen molar-refractivity contribution in [2.24, 2.45) is 5.41 Å². The lowest BCUT2D eigenvalue weighted by molar-refractivity contribution is -0.0433. The molecule has 1 unspecified atom stereocenters. The fourth-order valence-corrected chi connectivity index (χ4v) is 2.82. The number of rotatable bonds is 8. The Balaban J connectivity index is 2.53. The molecule has 3 heteroatoms. The topological polar surface area (TPSA) is 24.5 Å². The molecular weight excluding hydrogens is 224 g/mol. The third kappa shape index (κ3) is 4.52. The molecule has 0 aromatic heterocycles. The molecule has 18 heavy (non-hydrogen) atoms. The van der Waals surface area contributed by atoms with Gasteiger partial charge >= 0.3 is 0 Å². The summed E-state index contributed by atoms with van der Waals surface area (Å²) in [5.41, 5.74) is 0.436. The Morgan fingerprint density at radius 1 is 1.22 bits per heavy atom. The first kappa shape index (κ1) is 15.9. The lowest BCUT2D eigenvalue weighted by Crippen LogP contribution is -2.49. The second-order valence-electron chi connectivity index (χ2n) is 5.62. The van der Waals surface area contributed by atoms with E-state index in [0.29, 0.717) is 11.5 Å². The third-order valence-electron chi connectivity index (χ3n) is 4.49. The zero-order valence-corrected chi connectivity index (χ0v) is 12.8. The second kappa shape index (κ2) is 8.13. The van der Waals surface area contributed by atoms with Crippen molar-refractivity contribution in [2.75, 3.05) is 39.3 Å². The van der Waals surface area contributed by atoms with Gasteiger partial charge in [0, 0.05) is 26.2 Å². The summed E-state index contributed by atoms with van der Waals surface area (Å²) >= 11 is 0. The molecule has 0 bridgehead atoms. The van der Waals surface area contributed by atoms with E-state index in [1.165, 1.54) is 19.4 Å². The van der Waals surface area contributed by atoms with Crippen LogP contribution in [-0.2, 0) is 4.74 Å². The van der Waals surface area contributed by atoms with Crippen LogP contribution in [0.1, 0.15) is 47.0 Å². The number of nitrogens with zero attached hydrogens (tertiary/aromatic N) is 1. The van der Waals surface area contributed by atoms with Crippen molar-refractivity contribution in [1.29, 1.82) is 0 Å². The Bertz CT molecular complexity index is 217. The van der Waals surface area contributed by atoms with Crippen LogP contribution in [0, 0.1) is 5.41 Å². The van der Waals surface area contributed by atoms with Crippen molar-refractivity contribution in [3.05, 3.63) is 0 Å². The first-order valence-electron chi connectivity index (χ1n) is 7.74. The van der Waals surface area contributed by atoms with Gasteiger partial charge in [-0.2, -0.15) is 0 Å². The first-order chi connectivity index (χ1) is 8.69. The molecule has 1 heterocycles. The molecule has 0 aromatic rings. The normalized spacial score (nSPS) is 22.3. The SMILES string of the molecule is CCNCC(CC)(CC)CN1CCOC(CC)C1. The van der Waals surface area contributed by atoms with Gasteiger partial charge in [-0.3, -0.25) is 4.90 Å². The maximum absolute atomic E-state index is 5.76. The molecule has 1 atom stereocenters. The van der Waals surface area contributed by atoms with Crippen molar-refractivity contribution >= 4 is 0 Å². The molecule has 0 spiro atoms. The maximum Gasteiger partial charge on any atom is 0.0700 e. The Morgan fingerprint density at radius 2 is 1.94 bits per heavy atom. The van der Waals surface area contributed by atoms with Gasteiger partial charge < -0.3 is 10.1 Å². The van der Waals surface area contributed by atoms with Gasteiger partial charge in [-0.15, -0.1) is 0 Å². The van der Waals surface area contributed by atoms with E-state index in [1.54, 1.807) is 0 Å². The molecule has 0 aromatic carbocycles. The molecule has 1 saturated heterocycles. The maximum atomic E-state index is 5.76. The summed E-state index contributed by atoms with van der Waals surface area (Å²) in [5.74, 6) is 0. The summed E-state index contributed by atoms with van der Waals surface area (Å²) < 4.78 is 5.76.